The van der Waals surface area contributed by atoms with E-state index < -0.39 is 0 Å². The van der Waals surface area contributed by atoms with Crippen molar-refractivity contribution in [1.29, 1.82) is 0 Å². The molecule has 0 unspecified atom stereocenters. The number of nitrogens with zero attached hydrogens (tertiary/aromatic N) is 2. The third-order valence-electron chi connectivity index (χ3n) is 5.58. The van der Waals surface area contributed by atoms with E-state index in [9.17, 15) is 4.79 Å². The van der Waals surface area contributed by atoms with Gasteiger partial charge < -0.3 is 9.73 Å². The predicted molar refractivity (Wildman–Crippen MR) is 112 cm³/mol. The number of hydrogen-bond acceptors (Lipinski definition) is 4. The molecule has 1 heterocycles. The molecule has 5 nitrogen and oxygen atoms in total. The minimum Gasteiger partial charge on any atom is -0.421 e. The Morgan fingerprint density at radius 2 is 1.83 bits per heavy atom. The third kappa shape index (κ3) is 4.73. The second-order valence-corrected chi connectivity index (χ2v) is 7.89. The summed E-state index contributed by atoms with van der Waals surface area (Å²) in [5.41, 5.74) is 6.13. The van der Waals surface area contributed by atoms with Gasteiger partial charge in [-0.2, -0.15) is 0 Å². The van der Waals surface area contributed by atoms with E-state index in [0.717, 1.165) is 12.0 Å². The highest BCUT2D eigenvalue weighted by Gasteiger charge is 2.15. The second kappa shape index (κ2) is 8.60. The first kappa shape index (κ1) is 19.4. The molecule has 2 aromatic carbocycles. The normalized spacial score (nSPS) is 14.3. The number of aryl methyl sites for hydroxylation is 4. The van der Waals surface area contributed by atoms with Crippen LogP contribution in [-0.4, -0.2) is 16.1 Å². The van der Waals surface area contributed by atoms with Gasteiger partial charge >= 0.3 is 0 Å². The van der Waals surface area contributed by atoms with Gasteiger partial charge in [-0.25, -0.2) is 0 Å². The molecule has 0 saturated heterocycles. The maximum absolute atomic E-state index is 12.4. The summed E-state index contributed by atoms with van der Waals surface area (Å²) in [4.78, 5) is 12.4. The number of aromatic nitrogens is 2. The predicted octanol–water partition coefficient (Wildman–Crippen LogP) is 4.73. The van der Waals surface area contributed by atoms with Crippen LogP contribution in [0.15, 0.2) is 46.9 Å². The molecule has 0 aliphatic heterocycles. The van der Waals surface area contributed by atoms with E-state index in [4.69, 9.17) is 4.42 Å². The summed E-state index contributed by atoms with van der Waals surface area (Å²) in [7, 11) is 0. The van der Waals surface area contributed by atoms with Crippen LogP contribution in [0.4, 0.5) is 0 Å². The zero-order valence-electron chi connectivity index (χ0n) is 17.1. The summed E-state index contributed by atoms with van der Waals surface area (Å²) >= 11 is 0. The van der Waals surface area contributed by atoms with Gasteiger partial charge in [-0.3, -0.25) is 4.79 Å². The quantitative estimate of drug-likeness (QED) is 0.661. The fraction of sp³-hybridized carbons (Fsp3) is 0.375. The Balaban J connectivity index is 1.31. The Kier molecular flexibility index (Phi) is 5.74. The van der Waals surface area contributed by atoms with Gasteiger partial charge in [0.25, 0.3) is 0 Å². The topological polar surface area (TPSA) is 68.0 Å². The Bertz CT molecular complexity index is 992. The van der Waals surface area contributed by atoms with Gasteiger partial charge in [-0.15, -0.1) is 10.2 Å². The summed E-state index contributed by atoms with van der Waals surface area (Å²) in [6, 6.07) is 14.5. The SMILES string of the molecule is Cc1ccc(-c2nnc(CCC(=O)N[C@H](C)c3ccc4c(c3)CCCC4)o2)cc1. The first-order chi connectivity index (χ1) is 14.1. The number of carbonyl (C=O) groups excluding carboxylic acids is 1. The minimum atomic E-state index is -0.0134. The first-order valence-electron chi connectivity index (χ1n) is 10.4. The van der Waals surface area contributed by atoms with E-state index in [1.54, 1.807) is 0 Å². The number of benzene rings is 2. The molecule has 1 N–H and O–H groups in total. The molecule has 1 aromatic heterocycles. The molecule has 4 rings (SSSR count). The molecule has 1 aliphatic carbocycles. The molecule has 0 bridgehead atoms. The summed E-state index contributed by atoms with van der Waals surface area (Å²) in [6.07, 6.45) is 5.60. The lowest BCUT2D eigenvalue weighted by Crippen LogP contribution is -2.27. The van der Waals surface area contributed by atoms with Crippen molar-refractivity contribution in [3.63, 3.8) is 0 Å². The zero-order valence-corrected chi connectivity index (χ0v) is 17.1. The summed E-state index contributed by atoms with van der Waals surface area (Å²) in [6.45, 7) is 4.07. The molecule has 3 aromatic rings. The van der Waals surface area contributed by atoms with Gasteiger partial charge in [-0.1, -0.05) is 35.9 Å². The minimum absolute atomic E-state index is 0.00898. The van der Waals surface area contributed by atoms with Crippen LogP contribution in [0.25, 0.3) is 11.5 Å². The largest absolute Gasteiger partial charge is 0.421 e. The van der Waals surface area contributed by atoms with E-state index in [1.165, 1.54) is 41.5 Å². The van der Waals surface area contributed by atoms with Crippen molar-refractivity contribution in [1.82, 2.24) is 15.5 Å². The lowest BCUT2D eigenvalue weighted by atomic mass is 9.89. The number of fused-ring (bicyclic) bond motifs is 1. The van der Waals surface area contributed by atoms with Gasteiger partial charge in [0.1, 0.15) is 0 Å². The molecular weight excluding hydrogens is 362 g/mol. The molecular formula is C24H27N3O2. The first-order valence-corrected chi connectivity index (χ1v) is 10.4. The summed E-state index contributed by atoms with van der Waals surface area (Å²) < 4.78 is 5.71. The highest BCUT2D eigenvalue weighted by molar-refractivity contribution is 5.76. The molecule has 0 spiro atoms. The highest BCUT2D eigenvalue weighted by atomic mass is 16.4. The third-order valence-corrected chi connectivity index (χ3v) is 5.58. The molecule has 1 aliphatic rings. The van der Waals surface area contributed by atoms with Crippen molar-refractivity contribution >= 4 is 5.91 Å². The van der Waals surface area contributed by atoms with Gasteiger partial charge in [0.05, 0.1) is 6.04 Å². The van der Waals surface area contributed by atoms with E-state index in [2.05, 4.69) is 33.7 Å². The van der Waals surface area contributed by atoms with Crippen molar-refractivity contribution in [2.45, 2.75) is 58.4 Å². The van der Waals surface area contributed by atoms with Crippen molar-refractivity contribution in [3.05, 3.63) is 70.6 Å². The molecule has 150 valence electrons. The van der Waals surface area contributed by atoms with Crippen molar-refractivity contribution in [2.75, 3.05) is 0 Å². The molecule has 1 amide bonds. The monoisotopic (exact) mass is 389 g/mol. The van der Waals surface area contributed by atoms with Gasteiger partial charge in [0.15, 0.2) is 0 Å². The van der Waals surface area contributed by atoms with E-state index in [1.807, 2.05) is 38.1 Å². The van der Waals surface area contributed by atoms with Crippen molar-refractivity contribution in [3.8, 4) is 11.5 Å². The summed E-state index contributed by atoms with van der Waals surface area (Å²) in [5.74, 6) is 0.963. The Labute approximate surface area is 171 Å². The number of rotatable bonds is 6. The van der Waals surface area contributed by atoms with Gasteiger partial charge in [0.2, 0.25) is 17.7 Å². The van der Waals surface area contributed by atoms with Crippen molar-refractivity contribution < 1.29 is 9.21 Å². The standard InChI is InChI=1S/C24H27N3O2/c1-16-7-9-19(10-8-16)24-27-26-23(29-24)14-13-22(28)25-17(2)20-12-11-18-5-3-4-6-21(18)15-20/h7-12,15,17H,3-6,13-14H2,1-2H3,(H,25,28)/t17-/m1/s1. The zero-order chi connectivity index (χ0) is 20.2. The fourth-order valence-electron chi connectivity index (χ4n) is 3.81. The van der Waals surface area contributed by atoms with E-state index in [-0.39, 0.29) is 11.9 Å². The molecule has 0 fully saturated rings. The van der Waals surface area contributed by atoms with Crippen LogP contribution in [0.2, 0.25) is 0 Å². The fourth-order valence-corrected chi connectivity index (χ4v) is 3.81. The number of amides is 1. The van der Waals surface area contributed by atoms with Crippen LogP contribution in [0.3, 0.4) is 0 Å². The van der Waals surface area contributed by atoms with Crippen molar-refractivity contribution in [2.24, 2.45) is 0 Å². The number of hydrogen-bond donors (Lipinski definition) is 1. The van der Waals surface area contributed by atoms with Crippen LogP contribution in [0.5, 0.6) is 0 Å². The highest BCUT2D eigenvalue weighted by Crippen LogP contribution is 2.25. The summed E-state index contributed by atoms with van der Waals surface area (Å²) in [5, 5.41) is 11.3. The molecule has 0 radical (unpaired) electrons. The number of nitrogens with one attached hydrogen (secondary N) is 1. The van der Waals surface area contributed by atoms with Crippen LogP contribution < -0.4 is 5.32 Å². The molecule has 1 atom stereocenters. The van der Waals surface area contributed by atoms with E-state index >= 15 is 0 Å². The average molecular weight is 389 g/mol. The molecule has 5 heteroatoms. The van der Waals surface area contributed by atoms with Crippen LogP contribution in [0, 0.1) is 6.92 Å². The smallest absolute Gasteiger partial charge is 0.247 e. The Morgan fingerprint density at radius 3 is 2.62 bits per heavy atom. The second-order valence-electron chi connectivity index (χ2n) is 7.89. The number of carbonyl (C=O) groups is 1. The lowest BCUT2D eigenvalue weighted by Gasteiger charge is -2.20. The van der Waals surface area contributed by atoms with Gasteiger partial charge in [0, 0.05) is 18.4 Å². The molecule has 0 saturated carbocycles. The maximum atomic E-state index is 12.4. The van der Waals surface area contributed by atoms with Gasteiger partial charge in [-0.05, 0) is 68.4 Å². The molecule has 29 heavy (non-hydrogen) atoms. The lowest BCUT2D eigenvalue weighted by molar-refractivity contribution is -0.121. The van der Waals surface area contributed by atoms with E-state index in [0.29, 0.717) is 24.6 Å². The average Bonchev–Trinajstić information content (AvgIpc) is 3.21. The maximum Gasteiger partial charge on any atom is 0.247 e. The van der Waals surface area contributed by atoms with Crippen LogP contribution in [0.1, 0.15) is 60.4 Å². The Morgan fingerprint density at radius 1 is 1.07 bits per heavy atom. The van der Waals surface area contributed by atoms with Crippen LogP contribution >= 0.6 is 0 Å². The Hall–Kier alpha value is -2.95. The van der Waals surface area contributed by atoms with Crippen LogP contribution in [-0.2, 0) is 24.1 Å².